The molecule has 1 saturated heterocycles. The molecule has 1 aliphatic rings. The summed E-state index contributed by atoms with van der Waals surface area (Å²) in [4.78, 5) is 10.8. The van der Waals surface area contributed by atoms with E-state index >= 15 is 0 Å². The van der Waals surface area contributed by atoms with Gasteiger partial charge >= 0.3 is 0 Å². The van der Waals surface area contributed by atoms with E-state index in [4.69, 9.17) is 4.74 Å². The molecule has 0 spiro atoms. The number of rotatable bonds is 6. The van der Waals surface area contributed by atoms with Gasteiger partial charge in [0.2, 0.25) is 0 Å². The molecular formula is C14H20N2O3S. The highest BCUT2D eigenvalue weighted by atomic mass is 32.2. The molecule has 2 unspecified atom stereocenters. The lowest BCUT2D eigenvalue weighted by Gasteiger charge is -2.15. The second-order valence-electron chi connectivity index (χ2n) is 4.81. The molecule has 0 aliphatic carbocycles. The lowest BCUT2D eigenvalue weighted by Crippen LogP contribution is -2.13. The Labute approximate surface area is 123 Å². The van der Waals surface area contributed by atoms with Gasteiger partial charge in [-0.3, -0.25) is 10.1 Å². The van der Waals surface area contributed by atoms with E-state index in [0.29, 0.717) is 17.5 Å². The Bertz CT molecular complexity index is 481. The minimum absolute atomic E-state index is 0.153. The third-order valence-corrected chi connectivity index (χ3v) is 4.96. The van der Waals surface area contributed by atoms with Gasteiger partial charge in [0, 0.05) is 30.2 Å². The largest absolute Gasteiger partial charge is 0.380 e. The molecule has 1 aliphatic heterocycles. The molecule has 2 atom stereocenters. The second kappa shape index (κ2) is 6.95. The van der Waals surface area contributed by atoms with Gasteiger partial charge in [0.05, 0.1) is 11.0 Å². The number of para-hydroxylation sites is 1. The number of benzene rings is 1. The molecule has 1 fully saturated rings. The first-order chi connectivity index (χ1) is 9.63. The summed E-state index contributed by atoms with van der Waals surface area (Å²) in [6.45, 7) is 5.52. The van der Waals surface area contributed by atoms with Crippen LogP contribution >= 0.6 is 11.8 Å². The molecule has 1 N–H and O–H groups in total. The first-order valence-corrected chi connectivity index (χ1v) is 7.91. The quantitative estimate of drug-likeness (QED) is 0.643. The SMILES string of the molecule is CCNc1c(CSC2CCOC2C)cccc1[N+](=O)[O-]. The van der Waals surface area contributed by atoms with Gasteiger partial charge < -0.3 is 10.1 Å². The van der Waals surface area contributed by atoms with Crippen LogP contribution in [0.4, 0.5) is 11.4 Å². The van der Waals surface area contributed by atoms with E-state index < -0.39 is 0 Å². The normalized spacial score (nSPS) is 21.9. The van der Waals surface area contributed by atoms with Crippen molar-refractivity contribution in [3.8, 4) is 0 Å². The highest BCUT2D eigenvalue weighted by molar-refractivity contribution is 7.99. The molecular weight excluding hydrogens is 276 g/mol. The number of thioether (sulfide) groups is 1. The molecule has 0 radical (unpaired) electrons. The van der Waals surface area contributed by atoms with E-state index in [2.05, 4.69) is 12.2 Å². The summed E-state index contributed by atoms with van der Waals surface area (Å²) in [5, 5.41) is 14.7. The zero-order valence-corrected chi connectivity index (χ0v) is 12.6. The maximum absolute atomic E-state index is 11.1. The molecule has 1 aromatic rings. The van der Waals surface area contributed by atoms with Crippen molar-refractivity contribution in [1.82, 2.24) is 0 Å². The van der Waals surface area contributed by atoms with Crippen molar-refractivity contribution >= 4 is 23.1 Å². The Morgan fingerprint density at radius 2 is 2.35 bits per heavy atom. The smallest absolute Gasteiger partial charge is 0.292 e. The van der Waals surface area contributed by atoms with Crippen LogP contribution in [-0.2, 0) is 10.5 Å². The number of ether oxygens (including phenoxy) is 1. The van der Waals surface area contributed by atoms with E-state index in [1.165, 1.54) is 0 Å². The van der Waals surface area contributed by atoms with Crippen molar-refractivity contribution in [2.24, 2.45) is 0 Å². The molecule has 110 valence electrons. The van der Waals surface area contributed by atoms with Crippen LogP contribution in [0.15, 0.2) is 18.2 Å². The molecule has 20 heavy (non-hydrogen) atoms. The summed E-state index contributed by atoms with van der Waals surface area (Å²) in [6, 6.07) is 5.26. The van der Waals surface area contributed by atoms with Crippen LogP contribution in [0.25, 0.3) is 0 Å². The summed E-state index contributed by atoms with van der Waals surface area (Å²) < 4.78 is 5.55. The Kier molecular flexibility index (Phi) is 5.25. The fraction of sp³-hybridized carbons (Fsp3) is 0.571. The minimum atomic E-state index is -0.326. The third kappa shape index (κ3) is 3.43. The number of nitrogens with zero attached hydrogens (tertiary/aromatic N) is 1. The molecule has 1 aromatic carbocycles. The van der Waals surface area contributed by atoms with Gasteiger partial charge in [-0.15, -0.1) is 0 Å². The number of nitro benzene ring substituents is 1. The minimum Gasteiger partial charge on any atom is -0.380 e. The maximum Gasteiger partial charge on any atom is 0.292 e. The van der Waals surface area contributed by atoms with Crippen LogP contribution in [0.5, 0.6) is 0 Å². The van der Waals surface area contributed by atoms with Crippen LogP contribution < -0.4 is 5.32 Å². The average molecular weight is 296 g/mol. The van der Waals surface area contributed by atoms with Crippen molar-refractivity contribution in [1.29, 1.82) is 0 Å². The zero-order valence-electron chi connectivity index (χ0n) is 11.8. The predicted molar refractivity (Wildman–Crippen MR) is 82.4 cm³/mol. The highest BCUT2D eigenvalue weighted by Crippen LogP contribution is 2.34. The number of anilines is 1. The van der Waals surface area contributed by atoms with Gasteiger partial charge in [-0.2, -0.15) is 11.8 Å². The molecule has 0 aromatic heterocycles. The summed E-state index contributed by atoms with van der Waals surface area (Å²) in [6.07, 6.45) is 1.32. The fourth-order valence-electron chi connectivity index (χ4n) is 2.37. The van der Waals surface area contributed by atoms with Crippen LogP contribution in [0, 0.1) is 10.1 Å². The molecule has 0 amide bonds. The number of hydrogen-bond donors (Lipinski definition) is 1. The second-order valence-corrected chi connectivity index (χ2v) is 6.04. The maximum atomic E-state index is 11.1. The van der Waals surface area contributed by atoms with Crippen molar-refractivity contribution in [3.63, 3.8) is 0 Å². The topological polar surface area (TPSA) is 64.4 Å². The summed E-state index contributed by atoms with van der Waals surface area (Å²) in [5.74, 6) is 0.766. The molecule has 2 rings (SSSR count). The Hall–Kier alpha value is -1.27. The molecule has 5 nitrogen and oxygen atoms in total. The predicted octanol–water partition coefficient (Wildman–Crippen LogP) is 3.44. The van der Waals surface area contributed by atoms with Gasteiger partial charge in [0.25, 0.3) is 5.69 Å². The third-order valence-electron chi connectivity index (χ3n) is 3.44. The summed E-state index contributed by atoms with van der Waals surface area (Å²) in [5.41, 5.74) is 1.80. The van der Waals surface area contributed by atoms with Crippen LogP contribution in [0.3, 0.4) is 0 Å². The lowest BCUT2D eigenvalue weighted by molar-refractivity contribution is -0.384. The van der Waals surface area contributed by atoms with Crippen molar-refractivity contribution in [3.05, 3.63) is 33.9 Å². The van der Waals surface area contributed by atoms with Crippen molar-refractivity contribution < 1.29 is 9.66 Å². The van der Waals surface area contributed by atoms with Crippen LogP contribution in [0.2, 0.25) is 0 Å². The molecule has 1 heterocycles. The van der Waals surface area contributed by atoms with E-state index in [1.54, 1.807) is 12.1 Å². The van der Waals surface area contributed by atoms with Gasteiger partial charge in [0.15, 0.2) is 0 Å². The van der Waals surface area contributed by atoms with Crippen molar-refractivity contribution in [2.75, 3.05) is 18.5 Å². The first-order valence-electron chi connectivity index (χ1n) is 6.86. The molecule has 6 heteroatoms. The van der Waals surface area contributed by atoms with E-state index in [9.17, 15) is 10.1 Å². The Balaban J connectivity index is 2.13. The van der Waals surface area contributed by atoms with Gasteiger partial charge in [-0.1, -0.05) is 12.1 Å². The fourth-order valence-corrected chi connectivity index (χ4v) is 3.61. The molecule has 0 saturated carbocycles. The van der Waals surface area contributed by atoms with E-state index in [1.807, 2.05) is 24.8 Å². The standard InChI is InChI=1S/C14H20N2O3S/c1-3-15-14-11(5-4-6-12(14)16(17)18)9-20-13-7-8-19-10(13)2/h4-6,10,13,15H,3,7-9H2,1-2H3. The average Bonchev–Trinajstić information content (AvgIpc) is 2.83. The first kappa shape index (κ1) is 15.1. The van der Waals surface area contributed by atoms with Crippen LogP contribution in [-0.4, -0.2) is 29.4 Å². The monoisotopic (exact) mass is 296 g/mol. The zero-order chi connectivity index (χ0) is 14.5. The van der Waals surface area contributed by atoms with Crippen LogP contribution in [0.1, 0.15) is 25.8 Å². The van der Waals surface area contributed by atoms with Gasteiger partial charge in [-0.25, -0.2) is 0 Å². The van der Waals surface area contributed by atoms with Gasteiger partial charge in [-0.05, 0) is 25.8 Å². The highest BCUT2D eigenvalue weighted by Gasteiger charge is 2.25. The van der Waals surface area contributed by atoms with Crippen molar-refractivity contribution in [2.45, 2.75) is 37.4 Å². The summed E-state index contributed by atoms with van der Waals surface area (Å²) in [7, 11) is 0. The Morgan fingerprint density at radius 1 is 1.55 bits per heavy atom. The van der Waals surface area contributed by atoms with Gasteiger partial charge in [0.1, 0.15) is 5.69 Å². The summed E-state index contributed by atoms with van der Waals surface area (Å²) >= 11 is 1.82. The number of nitrogens with one attached hydrogen (secondary N) is 1. The lowest BCUT2D eigenvalue weighted by atomic mass is 10.1. The van der Waals surface area contributed by atoms with E-state index in [0.717, 1.165) is 24.3 Å². The Morgan fingerprint density at radius 3 is 2.95 bits per heavy atom. The molecule has 0 bridgehead atoms. The number of nitro groups is 1. The number of hydrogen-bond acceptors (Lipinski definition) is 5. The van der Waals surface area contributed by atoms with E-state index in [-0.39, 0.29) is 16.7 Å².